The maximum absolute atomic E-state index is 8.60. The van der Waals surface area contributed by atoms with Crippen molar-refractivity contribution in [1.29, 1.82) is 0 Å². The molecule has 0 amide bonds. The number of hydrogen-bond acceptors (Lipinski definition) is 6. The average Bonchev–Trinajstić information content (AvgIpc) is 1.25. The van der Waals surface area contributed by atoms with Gasteiger partial charge in [0.15, 0.2) is 0 Å². The summed E-state index contributed by atoms with van der Waals surface area (Å²) >= 11 is -8.40. The first-order chi connectivity index (χ1) is 3.46. The minimum Gasteiger partial charge on any atom is 2.00 e. The molecule has 0 fully saturated rings. The Morgan fingerprint density at radius 3 is 0.900 bits per heavy atom. The van der Waals surface area contributed by atoms with Crippen LogP contribution in [0.15, 0.2) is 0 Å². The predicted molar refractivity (Wildman–Crippen MR) is 16.5 cm³/mol. The van der Waals surface area contributed by atoms with E-state index in [-0.39, 0.29) is 97.2 Å². The zero-order valence-corrected chi connectivity index (χ0v) is 17.1. The van der Waals surface area contributed by atoms with Crippen LogP contribution in [0.1, 0.15) is 2.85 Å². The van der Waals surface area contributed by atoms with Crippen molar-refractivity contribution >= 4 is 94.4 Å². The van der Waals surface area contributed by atoms with Gasteiger partial charge in [0.1, 0.15) is 0 Å². The molecule has 0 aromatic rings. The summed E-state index contributed by atoms with van der Waals surface area (Å²) in [6, 6.07) is 0. The van der Waals surface area contributed by atoms with Crippen molar-refractivity contribution in [3.8, 4) is 0 Å². The third kappa shape index (κ3) is 99.1. The summed E-state index contributed by atoms with van der Waals surface area (Å²) in [5.74, 6) is 0. The molecule has 0 atom stereocenters. The summed E-state index contributed by atoms with van der Waals surface area (Å²) in [4.78, 5) is 0. The first-order valence-corrected chi connectivity index (χ1v) is 6.48. The molecule has 0 unspecified atom stereocenters. The largest absolute Gasteiger partial charge is 2.00 e. The van der Waals surface area contributed by atoms with E-state index in [2.05, 4.69) is 0 Å². The van der Waals surface area contributed by atoms with Crippen molar-refractivity contribution in [3.05, 3.63) is 0 Å². The van der Waals surface area contributed by atoms with E-state index in [1.54, 1.807) is 0 Å². The van der Waals surface area contributed by atoms with Crippen molar-refractivity contribution in [3.63, 3.8) is 0 Å². The first kappa shape index (κ1) is 23.5. The van der Waals surface area contributed by atoms with Gasteiger partial charge in [0.05, 0.1) is 0 Å². The van der Waals surface area contributed by atoms with E-state index in [4.69, 9.17) is 20.2 Å². The quantitative estimate of drug-likeness (QED) is 0.315. The van der Waals surface area contributed by atoms with Crippen molar-refractivity contribution < 1.29 is 60.7 Å². The maximum Gasteiger partial charge on any atom is 2.00 e. The summed E-state index contributed by atoms with van der Waals surface area (Å²) in [7, 11) is 0. The Balaban J connectivity index is -0.0000000112. The maximum atomic E-state index is 8.60. The normalized spacial score (nSPS) is 5.00. The fraction of sp³-hybridized carbons (Fsp3) is 0. The summed E-state index contributed by atoms with van der Waals surface area (Å²) in [6.07, 6.45) is 0. The molecule has 0 aromatic carbocycles. The minimum absolute atomic E-state index is 0. The van der Waals surface area contributed by atoms with Crippen molar-refractivity contribution in [2.75, 3.05) is 0 Å². The Labute approximate surface area is 151 Å². The number of rotatable bonds is 0. The minimum atomic E-state index is -4.20. The molecule has 0 aromatic heterocycles. The van der Waals surface area contributed by atoms with E-state index in [0.29, 0.717) is 0 Å². The Hall–Kier alpha value is 3.65. The van der Waals surface area contributed by atoms with E-state index in [9.17, 15) is 0 Å². The van der Waals surface area contributed by atoms with Gasteiger partial charge in [0.2, 0.25) is 0 Å². The number of hydrogen-bond donors (Lipinski definition) is 0. The second-order valence-electron chi connectivity index (χ2n) is 0.447. The Bertz CT molecular complexity index is 140. The molecule has 0 aliphatic rings. The molecule has 0 radical (unpaired) electrons. The Morgan fingerprint density at radius 1 is 0.900 bits per heavy atom. The third-order valence-corrected chi connectivity index (χ3v) is 0. The molecular weight excluding hydrogens is 507 g/mol. The van der Waals surface area contributed by atoms with Crippen LogP contribution in [0.4, 0.5) is 0 Å². The van der Waals surface area contributed by atoms with Crippen molar-refractivity contribution in [2.24, 2.45) is 0 Å². The molecule has 6 nitrogen and oxygen atoms in total. The molecule has 0 saturated carbocycles. The van der Waals surface area contributed by atoms with E-state index in [1.165, 1.54) is 0 Å². The SMILES string of the molecule is [Ba+2].[H-].[H-].[O]=[Nb](=[O])[O-].[O]=[Nb](=[O])[O-].[Sr+2]. The zero-order valence-electron chi connectivity index (χ0n) is 6.76. The molecule has 10 heteroatoms. The topological polar surface area (TPSA) is 114 Å². The second-order valence-corrected chi connectivity index (χ2v) is 2.65. The smallest absolute Gasteiger partial charge is 2.00 e. The van der Waals surface area contributed by atoms with Crippen LogP contribution in [0.2, 0.25) is 0 Å². The van der Waals surface area contributed by atoms with Gasteiger partial charge in [0, 0.05) is 0 Å². The van der Waals surface area contributed by atoms with E-state index in [1.807, 2.05) is 0 Å². The molecule has 0 heterocycles. The molecule has 0 aliphatic heterocycles. The third-order valence-electron chi connectivity index (χ3n) is 0. The van der Waals surface area contributed by atoms with Gasteiger partial charge >= 0.3 is 152 Å². The molecule has 10 heavy (non-hydrogen) atoms. The van der Waals surface area contributed by atoms with Crippen LogP contribution >= 0.6 is 0 Å². The van der Waals surface area contributed by atoms with Crippen LogP contribution < -0.4 is 7.23 Å². The molecule has 0 aliphatic carbocycles. The predicted octanol–water partition coefficient (Wildman–Crippen LogP) is -3.39. The van der Waals surface area contributed by atoms with Crippen LogP contribution in [0.25, 0.3) is 0 Å². The van der Waals surface area contributed by atoms with Gasteiger partial charge in [-0.25, -0.2) is 0 Å². The molecule has 0 bridgehead atoms. The molecule has 0 saturated heterocycles. The summed E-state index contributed by atoms with van der Waals surface area (Å²) < 4.78 is 51.6. The van der Waals surface area contributed by atoms with Crippen LogP contribution in [-0.2, 0) is 50.6 Å². The second kappa shape index (κ2) is 18.4. The molecular formula is H2BaNb2O6Sr. The Morgan fingerprint density at radius 2 is 0.900 bits per heavy atom. The van der Waals surface area contributed by atoms with Gasteiger partial charge in [0.25, 0.3) is 0 Å². The fourth-order valence-electron chi connectivity index (χ4n) is 0. The average molecular weight is 509 g/mol. The van der Waals surface area contributed by atoms with Crippen LogP contribution in [0.5, 0.6) is 0 Å². The van der Waals surface area contributed by atoms with Crippen LogP contribution in [0, 0.1) is 0 Å². The molecule has 0 rings (SSSR count). The van der Waals surface area contributed by atoms with E-state index < -0.39 is 37.6 Å². The summed E-state index contributed by atoms with van der Waals surface area (Å²) in [6.45, 7) is 0. The molecule has 52 valence electrons. The standard InChI is InChI=1S/Ba.2Nb.6O.Sr.2H/q+2;;;;;;;2*-1;+2;2*-1. The van der Waals surface area contributed by atoms with Crippen LogP contribution in [-0.4, -0.2) is 94.4 Å². The van der Waals surface area contributed by atoms with Gasteiger partial charge in [-0.15, -0.1) is 0 Å². The van der Waals surface area contributed by atoms with Crippen molar-refractivity contribution in [2.45, 2.75) is 0 Å². The van der Waals surface area contributed by atoms with Crippen LogP contribution in [0.3, 0.4) is 0 Å². The summed E-state index contributed by atoms with van der Waals surface area (Å²) in [5.41, 5.74) is 0. The van der Waals surface area contributed by atoms with Gasteiger partial charge in [-0.2, -0.15) is 0 Å². The van der Waals surface area contributed by atoms with E-state index >= 15 is 0 Å². The Kier molecular flexibility index (Phi) is 43.3. The molecule has 0 spiro atoms. The van der Waals surface area contributed by atoms with Gasteiger partial charge < -0.3 is 2.85 Å². The summed E-state index contributed by atoms with van der Waals surface area (Å²) in [5, 5.41) is 0. The van der Waals surface area contributed by atoms with Crippen molar-refractivity contribution in [1.82, 2.24) is 0 Å². The monoisotopic (exact) mass is 510 g/mol. The van der Waals surface area contributed by atoms with Gasteiger partial charge in [-0.3, -0.25) is 0 Å². The van der Waals surface area contributed by atoms with Gasteiger partial charge in [-0.05, 0) is 0 Å². The van der Waals surface area contributed by atoms with E-state index in [0.717, 1.165) is 0 Å². The zero-order chi connectivity index (χ0) is 7.15. The van der Waals surface area contributed by atoms with Gasteiger partial charge in [-0.1, -0.05) is 0 Å². The fourth-order valence-corrected chi connectivity index (χ4v) is 0. The first-order valence-electron chi connectivity index (χ1n) is 1.10. The molecule has 0 N–H and O–H groups in total.